The molecule has 2 atom stereocenters. The summed E-state index contributed by atoms with van der Waals surface area (Å²) in [5.74, 6) is -0.386. The highest BCUT2D eigenvalue weighted by Crippen LogP contribution is 2.31. The zero-order valence-corrected chi connectivity index (χ0v) is 14.9. The largest absolute Gasteiger partial charge is 0.474 e. The van der Waals surface area contributed by atoms with Crippen LogP contribution >= 0.6 is 0 Å². The van der Waals surface area contributed by atoms with Crippen LogP contribution in [0.2, 0.25) is 0 Å². The Morgan fingerprint density at radius 3 is 2.85 bits per heavy atom. The highest BCUT2D eigenvalue weighted by atomic mass is 16.6. The highest BCUT2D eigenvalue weighted by molar-refractivity contribution is 5.82. The molecule has 2 aromatic carbocycles. The van der Waals surface area contributed by atoms with Crippen LogP contribution in [0.15, 0.2) is 42.5 Å². The quantitative estimate of drug-likeness (QED) is 0.479. The first-order valence-corrected chi connectivity index (χ1v) is 8.78. The molecule has 1 aliphatic rings. The number of aldehydes is 1. The van der Waals surface area contributed by atoms with Gasteiger partial charge in [-0.3, -0.25) is 19.7 Å². The Bertz CT molecular complexity index is 880. The summed E-state index contributed by atoms with van der Waals surface area (Å²) >= 11 is 0. The molecule has 27 heavy (non-hydrogen) atoms. The lowest BCUT2D eigenvalue weighted by atomic mass is 9.87. The van der Waals surface area contributed by atoms with Crippen LogP contribution in [-0.4, -0.2) is 23.2 Å². The average molecular weight is 368 g/mol. The SMILES string of the molecule is C[C@H](Oc1ccc(C=O)cc1[N+](=O)[O-])C(=O)N[C@H]1CCCc2ccccc21. The fraction of sp³-hybridized carbons (Fsp3) is 0.300. The van der Waals surface area contributed by atoms with Crippen molar-refractivity contribution in [2.75, 3.05) is 0 Å². The monoisotopic (exact) mass is 368 g/mol. The molecule has 2 aromatic rings. The molecule has 0 radical (unpaired) electrons. The van der Waals surface area contributed by atoms with Gasteiger partial charge in [0.1, 0.15) is 6.29 Å². The maximum atomic E-state index is 12.6. The van der Waals surface area contributed by atoms with E-state index in [0.717, 1.165) is 30.9 Å². The Balaban J connectivity index is 1.72. The molecule has 0 unspecified atom stereocenters. The van der Waals surface area contributed by atoms with Gasteiger partial charge in [-0.25, -0.2) is 0 Å². The van der Waals surface area contributed by atoms with E-state index in [1.54, 1.807) is 6.92 Å². The number of ether oxygens (including phenoxy) is 1. The van der Waals surface area contributed by atoms with Gasteiger partial charge in [0.15, 0.2) is 11.9 Å². The van der Waals surface area contributed by atoms with Crippen molar-refractivity contribution in [2.24, 2.45) is 0 Å². The van der Waals surface area contributed by atoms with Gasteiger partial charge in [0.2, 0.25) is 0 Å². The maximum Gasteiger partial charge on any atom is 0.311 e. The van der Waals surface area contributed by atoms with Gasteiger partial charge in [-0.1, -0.05) is 24.3 Å². The number of carbonyl (C=O) groups is 2. The highest BCUT2D eigenvalue weighted by Gasteiger charge is 2.26. The summed E-state index contributed by atoms with van der Waals surface area (Å²) < 4.78 is 5.53. The predicted molar refractivity (Wildman–Crippen MR) is 98.8 cm³/mol. The van der Waals surface area contributed by atoms with Gasteiger partial charge < -0.3 is 10.1 Å². The van der Waals surface area contributed by atoms with Crippen molar-refractivity contribution in [1.29, 1.82) is 0 Å². The molecule has 3 rings (SSSR count). The lowest BCUT2D eigenvalue weighted by molar-refractivity contribution is -0.386. The van der Waals surface area contributed by atoms with Crippen LogP contribution in [0.25, 0.3) is 0 Å². The van der Waals surface area contributed by atoms with E-state index in [4.69, 9.17) is 4.74 Å². The molecule has 0 heterocycles. The molecule has 140 valence electrons. The van der Waals surface area contributed by atoms with E-state index in [1.165, 1.54) is 17.7 Å². The van der Waals surface area contributed by atoms with Gasteiger partial charge in [0.05, 0.1) is 11.0 Å². The third kappa shape index (κ3) is 4.13. The smallest absolute Gasteiger partial charge is 0.311 e. The third-order valence-corrected chi connectivity index (χ3v) is 4.67. The zero-order chi connectivity index (χ0) is 19.4. The van der Waals surface area contributed by atoms with Gasteiger partial charge >= 0.3 is 5.69 Å². The van der Waals surface area contributed by atoms with Crippen molar-refractivity contribution in [3.63, 3.8) is 0 Å². The molecule has 1 aliphatic carbocycles. The van der Waals surface area contributed by atoms with Crippen LogP contribution in [0.3, 0.4) is 0 Å². The molecule has 0 saturated carbocycles. The molecule has 0 bridgehead atoms. The van der Waals surface area contributed by atoms with Crippen LogP contribution in [0.5, 0.6) is 5.75 Å². The van der Waals surface area contributed by atoms with E-state index >= 15 is 0 Å². The summed E-state index contributed by atoms with van der Waals surface area (Å²) in [7, 11) is 0. The standard InChI is InChI=1S/C20H20N2O5/c1-13(27-19-10-9-14(12-23)11-18(19)22(25)26)20(24)21-17-8-4-6-15-5-2-3-7-16(15)17/h2-3,5,7,9-13,17H,4,6,8H2,1H3,(H,21,24)/t13-,17-/m0/s1. The van der Waals surface area contributed by atoms with Gasteiger partial charge in [0, 0.05) is 11.6 Å². The van der Waals surface area contributed by atoms with Crippen molar-refractivity contribution in [3.8, 4) is 5.75 Å². The Morgan fingerprint density at radius 1 is 1.33 bits per heavy atom. The molecule has 0 aliphatic heterocycles. The first-order valence-electron chi connectivity index (χ1n) is 8.78. The molecular weight excluding hydrogens is 348 g/mol. The second-order valence-corrected chi connectivity index (χ2v) is 6.51. The summed E-state index contributed by atoms with van der Waals surface area (Å²) in [4.78, 5) is 34.0. The topological polar surface area (TPSA) is 98.5 Å². The minimum Gasteiger partial charge on any atom is -0.474 e. The zero-order valence-electron chi connectivity index (χ0n) is 14.9. The Morgan fingerprint density at radius 2 is 2.11 bits per heavy atom. The molecular formula is C20H20N2O5. The lowest BCUT2D eigenvalue weighted by Crippen LogP contribution is -2.39. The number of amides is 1. The fourth-order valence-electron chi connectivity index (χ4n) is 3.29. The summed E-state index contributed by atoms with van der Waals surface area (Å²) in [6, 6.07) is 11.8. The lowest BCUT2D eigenvalue weighted by Gasteiger charge is -2.27. The van der Waals surface area contributed by atoms with E-state index in [-0.39, 0.29) is 28.9 Å². The number of hydrogen-bond donors (Lipinski definition) is 1. The Kier molecular flexibility index (Phi) is 5.49. The number of aryl methyl sites for hydroxylation is 1. The minimum absolute atomic E-state index is 0.0442. The second kappa shape index (κ2) is 7.99. The summed E-state index contributed by atoms with van der Waals surface area (Å²) in [6.45, 7) is 1.54. The number of carbonyl (C=O) groups excluding carboxylic acids is 2. The number of hydrogen-bond acceptors (Lipinski definition) is 5. The Labute approximate surface area is 156 Å². The molecule has 0 saturated heterocycles. The molecule has 0 spiro atoms. The number of fused-ring (bicyclic) bond motifs is 1. The number of nitro benzene ring substituents is 1. The average Bonchev–Trinajstić information content (AvgIpc) is 2.68. The van der Waals surface area contributed by atoms with Crippen molar-refractivity contribution in [1.82, 2.24) is 5.32 Å². The minimum atomic E-state index is -0.917. The summed E-state index contributed by atoms with van der Waals surface area (Å²) in [6.07, 6.45) is 2.41. The van der Waals surface area contributed by atoms with E-state index in [2.05, 4.69) is 11.4 Å². The number of nitrogens with zero attached hydrogens (tertiary/aromatic N) is 1. The number of benzene rings is 2. The summed E-state index contributed by atoms with van der Waals surface area (Å²) in [5, 5.41) is 14.2. The van der Waals surface area contributed by atoms with Crippen LogP contribution in [0, 0.1) is 10.1 Å². The molecule has 0 aromatic heterocycles. The van der Waals surface area contributed by atoms with E-state index < -0.39 is 11.0 Å². The molecule has 1 amide bonds. The predicted octanol–water partition coefficient (Wildman–Crippen LogP) is 3.37. The molecule has 7 heteroatoms. The first kappa shape index (κ1) is 18.6. The molecule has 0 fully saturated rings. The van der Waals surface area contributed by atoms with Gasteiger partial charge in [-0.2, -0.15) is 0 Å². The normalized spacial score (nSPS) is 16.7. The van der Waals surface area contributed by atoms with Crippen molar-refractivity contribution < 1.29 is 19.2 Å². The second-order valence-electron chi connectivity index (χ2n) is 6.51. The number of nitro groups is 1. The number of rotatable bonds is 6. The molecule has 7 nitrogen and oxygen atoms in total. The van der Waals surface area contributed by atoms with Crippen LogP contribution < -0.4 is 10.1 Å². The van der Waals surface area contributed by atoms with E-state index in [0.29, 0.717) is 6.29 Å². The van der Waals surface area contributed by atoms with Crippen LogP contribution in [-0.2, 0) is 11.2 Å². The van der Waals surface area contributed by atoms with Crippen molar-refractivity contribution in [3.05, 3.63) is 69.3 Å². The van der Waals surface area contributed by atoms with E-state index in [9.17, 15) is 19.7 Å². The summed E-state index contributed by atoms with van der Waals surface area (Å²) in [5.41, 5.74) is 2.15. The van der Waals surface area contributed by atoms with Gasteiger partial charge in [0.25, 0.3) is 5.91 Å². The Hall–Kier alpha value is -3.22. The van der Waals surface area contributed by atoms with Gasteiger partial charge in [-0.15, -0.1) is 0 Å². The van der Waals surface area contributed by atoms with Crippen molar-refractivity contribution in [2.45, 2.75) is 38.3 Å². The molecule has 1 N–H and O–H groups in total. The fourth-order valence-corrected chi connectivity index (χ4v) is 3.29. The van der Waals surface area contributed by atoms with Crippen molar-refractivity contribution >= 4 is 17.9 Å². The van der Waals surface area contributed by atoms with E-state index in [1.807, 2.05) is 18.2 Å². The van der Waals surface area contributed by atoms with Crippen LogP contribution in [0.1, 0.15) is 47.3 Å². The maximum absolute atomic E-state index is 12.6. The number of nitrogens with one attached hydrogen (secondary N) is 1. The third-order valence-electron chi connectivity index (χ3n) is 4.67. The van der Waals surface area contributed by atoms with Gasteiger partial charge in [-0.05, 0) is 49.4 Å². The first-order chi connectivity index (χ1) is 13.0. The van der Waals surface area contributed by atoms with Crippen LogP contribution in [0.4, 0.5) is 5.69 Å².